The van der Waals surface area contributed by atoms with Crippen LogP contribution in [0.25, 0.3) is 0 Å². The van der Waals surface area contributed by atoms with Gasteiger partial charge in [-0.2, -0.15) is 0 Å². The molecule has 6 nitrogen and oxygen atoms in total. The molecule has 1 saturated heterocycles. The van der Waals surface area contributed by atoms with Crippen LogP contribution in [0, 0.1) is 22.7 Å². The maximum absolute atomic E-state index is 12.5. The highest BCUT2D eigenvalue weighted by atomic mass is 16.6. The van der Waals surface area contributed by atoms with E-state index in [-0.39, 0.29) is 35.0 Å². The van der Waals surface area contributed by atoms with Crippen molar-refractivity contribution in [2.75, 3.05) is 0 Å². The van der Waals surface area contributed by atoms with Gasteiger partial charge in [0.1, 0.15) is 23.1 Å². The summed E-state index contributed by atoms with van der Waals surface area (Å²) in [5.74, 6) is 6.51. The van der Waals surface area contributed by atoms with E-state index >= 15 is 0 Å². The Labute approximate surface area is 256 Å². The predicted molar refractivity (Wildman–Crippen MR) is 168 cm³/mol. The van der Waals surface area contributed by atoms with E-state index < -0.39 is 11.2 Å². The van der Waals surface area contributed by atoms with Crippen LogP contribution in [-0.2, 0) is 23.8 Å². The van der Waals surface area contributed by atoms with Crippen LogP contribution in [-0.4, -0.2) is 40.5 Å². The van der Waals surface area contributed by atoms with Crippen molar-refractivity contribution in [1.82, 2.24) is 0 Å². The normalized spacial score (nSPS) is 32.8. The summed E-state index contributed by atoms with van der Waals surface area (Å²) in [6, 6.07) is 0. The summed E-state index contributed by atoms with van der Waals surface area (Å²) in [6.45, 7) is 18.0. The average molecular weight is 587 g/mol. The monoisotopic (exact) mass is 586 g/mol. The number of carbonyl (C=O) groups excluding carboxylic acids is 2. The van der Waals surface area contributed by atoms with Gasteiger partial charge in [0.15, 0.2) is 0 Å². The number of rotatable bonds is 6. The van der Waals surface area contributed by atoms with E-state index in [9.17, 15) is 14.7 Å². The third kappa shape index (κ3) is 7.06. The van der Waals surface area contributed by atoms with Gasteiger partial charge in [0.05, 0.1) is 11.7 Å². The zero-order valence-electron chi connectivity index (χ0n) is 27.1. The van der Waals surface area contributed by atoms with Crippen molar-refractivity contribution in [1.29, 1.82) is 0 Å². The van der Waals surface area contributed by atoms with Crippen molar-refractivity contribution in [3.63, 3.8) is 0 Å². The number of epoxide rings is 1. The van der Waals surface area contributed by atoms with Gasteiger partial charge in [-0.05, 0) is 76.0 Å². The summed E-state index contributed by atoms with van der Waals surface area (Å²) in [4.78, 5) is 23.9. The number of fused-ring (bicyclic) bond motifs is 1. The van der Waals surface area contributed by atoms with Crippen LogP contribution in [0.4, 0.5) is 0 Å². The predicted octanol–water partition coefficient (Wildman–Crippen LogP) is 7.14. The highest BCUT2D eigenvalue weighted by Gasteiger charge is 2.74. The van der Waals surface area contributed by atoms with E-state index in [2.05, 4.69) is 46.5 Å². The molecule has 2 heterocycles. The highest BCUT2D eigenvalue weighted by Crippen LogP contribution is 2.66. The minimum atomic E-state index is -0.500. The fraction of sp³-hybridized carbons (Fsp3) is 0.514. The smallest absolute Gasteiger partial charge is 0.343 e. The first-order chi connectivity index (χ1) is 20.0. The summed E-state index contributed by atoms with van der Waals surface area (Å²) < 4.78 is 17.1. The van der Waals surface area contributed by atoms with Gasteiger partial charge in [-0.25, -0.2) is 4.79 Å². The molecule has 4 rings (SSSR count). The first-order valence-electron chi connectivity index (χ1n) is 15.1. The molecule has 0 aromatic rings. The van der Waals surface area contributed by atoms with Crippen molar-refractivity contribution in [2.24, 2.45) is 10.8 Å². The van der Waals surface area contributed by atoms with E-state index in [0.29, 0.717) is 24.2 Å². The Balaban J connectivity index is 1.39. The quantitative estimate of drug-likeness (QED) is 0.154. The lowest BCUT2D eigenvalue weighted by atomic mass is 9.63. The van der Waals surface area contributed by atoms with Gasteiger partial charge in [-0.3, -0.25) is 4.79 Å². The average Bonchev–Trinajstić information content (AvgIpc) is 3.33. The first kappa shape index (κ1) is 32.5. The van der Waals surface area contributed by atoms with Gasteiger partial charge in [0.2, 0.25) is 0 Å². The van der Waals surface area contributed by atoms with Crippen LogP contribution in [0.1, 0.15) is 88.0 Å². The Morgan fingerprint density at radius 1 is 1.07 bits per heavy atom. The molecule has 1 saturated carbocycles. The summed E-state index contributed by atoms with van der Waals surface area (Å²) in [5, 5.41) is 10.3. The fourth-order valence-electron chi connectivity index (χ4n) is 7.12. The third-order valence-corrected chi connectivity index (χ3v) is 9.03. The molecular formula is C37H46O6. The molecule has 0 bridgehead atoms. The summed E-state index contributed by atoms with van der Waals surface area (Å²) in [5.41, 5.74) is 3.31. The van der Waals surface area contributed by atoms with E-state index in [1.165, 1.54) is 12.5 Å². The van der Waals surface area contributed by atoms with E-state index in [4.69, 9.17) is 14.2 Å². The molecule has 2 fully saturated rings. The van der Waals surface area contributed by atoms with Crippen molar-refractivity contribution in [3.8, 4) is 11.8 Å². The maximum Gasteiger partial charge on any atom is 0.343 e. The molecular weight excluding hydrogens is 540 g/mol. The number of cyclic esters (lactones) is 1. The largest absolute Gasteiger partial charge is 0.462 e. The van der Waals surface area contributed by atoms with Crippen LogP contribution in [0.5, 0.6) is 0 Å². The second kappa shape index (κ2) is 11.9. The number of allylic oxidation sites excluding steroid dienone is 9. The lowest BCUT2D eigenvalue weighted by Crippen LogP contribution is -2.46. The second-order valence-corrected chi connectivity index (χ2v) is 14.0. The standard InChI is InChI=1S/C37H46O6/c1-24(14-15-32-26(3)19-31(41-27(4)38)23-34(32,5)6)12-10-11-13-25(2)18-30-20-28(33(40)42-30)16-17-37-35(7,8)21-29(39)22-36(37,9)43-37/h10-13,16-18,20,29,31,39H,19,21-23H2,1-9H3/b11-10+,17-16+,24-12+,25-13+,30-18-/t29-,31+,36+,37-/m0/s1. The lowest BCUT2D eigenvalue weighted by molar-refractivity contribution is -0.147. The number of hydrogen-bond donors (Lipinski definition) is 1. The van der Waals surface area contributed by atoms with E-state index in [1.54, 1.807) is 12.2 Å². The molecule has 4 atom stereocenters. The number of aliphatic hydroxyl groups is 1. The van der Waals surface area contributed by atoms with E-state index in [1.807, 2.05) is 57.2 Å². The molecule has 230 valence electrons. The zero-order chi connectivity index (χ0) is 31.8. The second-order valence-electron chi connectivity index (χ2n) is 14.0. The maximum atomic E-state index is 12.5. The summed E-state index contributed by atoms with van der Waals surface area (Å²) in [6.07, 6.45) is 17.4. The van der Waals surface area contributed by atoms with Gasteiger partial charge in [0, 0.05) is 36.2 Å². The van der Waals surface area contributed by atoms with Crippen LogP contribution in [0.3, 0.4) is 0 Å². The van der Waals surface area contributed by atoms with Crippen LogP contribution in [0.15, 0.2) is 82.2 Å². The lowest BCUT2D eigenvalue weighted by Gasteiger charge is -2.39. The Kier molecular flexibility index (Phi) is 9.03. The van der Waals surface area contributed by atoms with Gasteiger partial charge < -0.3 is 19.3 Å². The van der Waals surface area contributed by atoms with Crippen molar-refractivity contribution in [3.05, 3.63) is 82.2 Å². The number of hydrogen-bond acceptors (Lipinski definition) is 6. The molecule has 0 aromatic heterocycles. The molecule has 2 aliphatic carbocycles. The van der Waals surface area contributed by atoms with E-state index in [0.717, 1.165) is 29.6 Å². The van der Waals surface area contributed by atoms with Crippen LogP contribution >= 0.6 is 0 Å². The Hall–Kier alpha value is -3.40. The molecule has 0 unspecified atom stereocenters. The van der Waals surface area contributed by atoms with Crippen LogP contribution < -0.4 is 0 Å². The van der Waals surface area contributed by atoms with Crippen molar-refractivity contribution in [2.45, 2.75) is 111 Å². The Morgan fingerprint density at radius 3 is 2.42 bits per heavy atom. The number of ether oxygens (including phenoxy) is 3. The molecule has 0 radical (unpaired) electrons. The fourth-order valence-corrected chi connectivity index (χ4v) is 7.12. The molecule has 0 aromatic carbocycles. The van der Waals surface area contributed by atoms with Crippen molar-refractivity contribution < 1.29 is 28.9 Å². The molecule has 0 spiro atoms. The van der Waals surface area contributed by atoms with Gasteiger partial charge >= 0.3 is 11.9 Å². The minimum Gasteiger partial charge on any atom is -0.462 e. The summed E-state index contributed by atoms with van der Waals surface area (Å²) >= 11 is 0. The Bertz CT molecular complexity index is 1460. The molecule has 43 heavy (non-hydrogen) atoms. The highest BCUT2D eigenvalue weighted by molar-refractivity contribution is 5.95. The number of carbonyl (C=O) groups is 2. The number of aliphatic hydroxyl groups excluding tert-OH is 1. The van der Waals surface area contributed by atoms with Crippen molar-refractivity contribution >= 4 is 11.9 Å². The number of esters is 2. The molecule has 2 aliphatic heterocycles. The van der Waals surface area contributed by atoms with Gasteiger partial charge in [-0.1, -0.05) is 69.4 Å². The topological polar surface area (TPSA) is 85.4 Å². The first-order valence-corrected chi connectivity index (χ1v) is 15.1. The van der Waals surface area contributed by atoms with Crippen LogP contribution in [0.2, 0.25) is 0 Å². The molecule has 0 amide bonds. The van der Waals surface area contributed by atoms with Gasteiger partial charge in [0.25, 0.3) is 0 Å². The molecule has 6 heteroatoms. The molecule has 4 aliphatic rings. The molecule has 1 N–H and O–H groups in total. The third-order valence-electron chi connectivity index (χ3n) is 9.03. The SMILES string of the molecule is CC(=O)O[C@@H]1CC(C)=C(C#C/C(C)=C/C=C/C=C(C)/C=C2C=C(/C=C/[C@@]34O[C@]3(C)C[C@@H](O)CC4(C)C)C(=O)O/2)C(C)(C)C1. The summed E-state index contributed by atoms with van der Waals surface area (Å²) in [7, 11) is 0. The zero-order valence-corrected chi connectivity index (χ0v) is 27.1. The van der Waals surface area contributed by atoms with Gasteiger partial charge in [-0.15, -0.1) is 0 Å². The minimum absolute atomic E-state index is 0.0952. The Morgan fingerprint density at radius 2 is 1.77 bits per heavy atom.